The third-order valence-electron chi connectivity index (χ3n) is 3.10. The summed E-state index contributed by atoms with van der Waals surface area (Å²) in [7, 11) is 1.40. The first-order valence-corrected chi connectivity index (χ1v) is 6.58. The molecule has 3 heteroatoms. The summed E-state index contributed by atoms with van der Waals surface area (Å²) in [5, 5.41) is 0. The van der Waals surface area contributed by atoms with Gasteiger partial charge in [-0.3, -0.25) is 4.79 Å². The van der Waals surface area contributed by atoms with Crippen LogP contribution in [0.3, 0.4) is 0 Å². The quantitative estimate of drug-likeness (QED) is 0.597. The Labute approximate surface area is 109 Å². The molecule has 0 bridgehead atoms. The van der Waals surface area contributed by atoms with E-state index in [1.807, 2.05) is 24.3 Å². The van der Waals surface area contributed by atoms with Gasteiger partial charge in [0.05, 0.1) is 13.5 Å². The zero-order chi connectivity index (χ0) is 13.4. The molecular formula is C15H23NO2. The Morgan fingerprint density at radius 1 is 1.28 bits per heavy atom. The molecule has 2 N–H and O–H groups in total. The van der Waals surface area contributed by atoms with Gasteiger partial charge < -0.3 is 10.5 Å². The minimum atomic E-state index is -0.213. The van der Waals surface area contributed by atoms with Crippen LogP contribution in [0.4, 0.5) is 0 Å². The van der Waals surface area contributed by atoms with Crippen LogP contribution in [0.25, 0.3) is 0 Å². The van der Waals surface area contributed by atoms with Crippen LogP contribution in [0.15, 0.2) is 24.3 Å². The molecule has 1 rings (SSSR count). The minimum Gasteiger partial charge on any atom is -0.469 e. The van der Waals surface area contributed by atoms with E-state index < -0.39 is 0 Å². The fraction of sp³-hybridized carbons (Fsp3) is 0.533. The van der Waals surface area contributed by atoms with Gasteiger partial charge in [-0.2, -0.15) is 0 Å². The summed E-state index contributed by atoms with van der Waals surface area (Å²) < 4.78 is 4.63. The molecule has 1 atom stereocenters. The van der Waals surface area contributed by atoms with Crippen molar-refractivity contribution in [1.29, 1.82) is 0 Å². The molecule has 0 saturated carbocycles. The van der Waals surface area contributed by atoms with Crippen molar-refractivity contribution in [3.63, 3.8) is 0 Å². The van der Waals surface area contributed by atoms with Gasteiger partial charge in [-0.05, 0) is 17.5 Å². The maximum absolute atomic E-state index is 11.1. The zero-order valence-corrected chi connectivity index (χ0v) is 11.3. The molecule has 1 unspecified atom stereocenters. The van der Waals surface area contributed by atoms with Crippen LogP contribution in [0.2, 0.25) is 0 Å². The van der Waals surface area contributed by atoms with Crippen molar-refractivity contribution in [1.82, 2.24) is 0 Å². The van der Waals surface area contributed by atoms with Gasteiger partial charge in [-0.25, -0.2) is 0 Å². The molecular weight excluding hydrogens is 226 g/mol. The van der Waals surface area contributed by atoms with E-state index in [1.54, 1.807) is 0 Å². The van der Waals surface area contributed by atoms with Crippen molar-refractivity contribution in [2.45, 2.75) is 45.1 Å². The molecule has 0 heterocycles. The number of unbranched alkanes of at least 4 members (excludes halogenated alkanes) is 2. The van der Waals surface area contributed by atoms with Crippen LogP contribution in [0.5, 0.6) is 0 Å². The van der Waals surface area contributed by atoms with Crippen molar-refractivity contribution >= 4 is 5.97 Å². The van der Waals surface area contributed by atoms with E-state index >= 15 is 0 Å². The number of ether oxygens (including phenoxy) is 1. The summed E-state index contributed by atoms with van der Waals surface area (Å²) in [4.78, 5) is 11.1. The number of methoxy groups -OCH3 is 1. The topological polar surface area (TPSA) is 52.3 Å². The molecule has 0 saturated heterocycles. The highest BCUT2D eigenvalue weighted by atomic mass is 16.5. The lowest BCUT2D eigenvalue weighted by Gasteiger charge is -2.12. The van der Waals surface area contributed by atoms with Gasteiger partial charge in [-0.15, -0.1) is 0 Å². The summed E-state index contributed by atoms with van der Waals surface area (Å²) in [6.07, 6.45) is 4.95. The number of carbonyl (C=O) groups excluding carboxylic acids is 1. The van der Waals surface area contributed by atoms with E-state index in [9.17, 15) is 4.79 Å². The maximum atomic E-state index is 11.1. The summed E-state index contributed by atoms with van der Waals surface area (Å²) in [6, 6.07) is 8.02. The van der Waals surface area contributed by atoms with Gasteiger partial charge in [0.1, 0.15) is 0 Å². The van der Waals surface area contributed by atoms with Crippen LogP contribution in [-0.2, 0) is 16.0 Å². The smallest absolute Gasteiger partial charge is 0.309 e. The lowest BCUT2D eigenvalue weighted by Crippen LogP contribution is -2.10. The average Bonchev–Trinajstić information content (AvgIpc) is 2.39. The molecule has 0 amide bonds. The monoisotopic (exact) mass is 249 g/mol. The first-order chi connectivity index (χ1) is 8.67. The number of rotatable bonds is 7. The van der Waals surface area contributed by atoms with Crippen molar-refractivity contribution in [3.05, 3.63) is 35.4 Å². The van der Waals surface area contributed by atoms with Crippen molar-refractivity contribution in [3.8, 4) is 0 Å². The Morgan fingerprint density at radius 2 is 1.94 bits per heavy atom. The molecule has 0 fully saturated rings. The Kier molecular flexibility index (Phi) is 6.44. The molecule has 3 nitrogen and oxygen atoms in total. The molecule has 1 aromatic rings. The number of esters is 1. The van der Waals surface area contributed by atoms with Gasteiger partial charge in [0.15, 0.2) is 0 Å². The number of nitrogens with two attached hydrogens (primary N) is 1. The van der Waals surface area contributed by atoms with Gasteiger partial charge >= 0.3 is 5.97 Å². The Bertz CT molecular complexity index is 359. The summed E-state index contributed by atoms with van der Waals surface area (Å²) in [6.45, 7) is 2.19. The van der Waals surface area contributed by atoms with Crippen LogP contribution >= 0.6 is 0 Å². The maximum Gasteiger partial charge on any atom is 0.309 e. The molecule has 0 radical (unpaired) electrons. The third kappa shape index (κ3) is 4.88. The first kappa shape index (κ1) is 14.7. The fourth-order valence-corrected chi connectivity index (χ4v) is 1.90. The standard InChI is InChI=1S/C15H23NO2/c1-3-4-5-6-14(16)13-9-7-12(8-10-13)11-15(17)18-2/h7-10,14H,3-6,11,16H2,1-2H3. The Morgan fingerprint density at radius 3 is 2.50 bits per heavy atom. The Hall–Kier alpha value is -1.35. The largest absolute Gasteiger partial charge is 0.469 e. The second-order valence-corrected chi connectivity index (χ2v) is 4.60. The average molecular weight is 249 g/mol. The number of hydrogen-bond donors (Lipinski definition) is 1. The molecule has 0 aliphatic heterocycles. The first-order valence-electron chi connectivity index (χ1n) is 6.58. The molecule has 100 valence electrons. The molecule has 0 aliphatic carbocycles. The lowest BCUT2D eigenvalue weighted by atomic mass is 9.99. The number of carbonyl (C=O) groups is 1. The van der Waals surface area contributed by atoms with E-state index in [-0.39, 0.29) is 12.0 Å². The fourth-order valence-electron chi connectivity index (χ4n) is 1.90. The van der Waals surface area contributed by atoms with E-state index in [0.29, 0.717) is 6.42 Å². The summed E-state index contributed by atoms with van der Waals surface area (Å²) in [5.74, 6) is -0.213. The highest BCUT2D eigenvalue weighted by Crippen LogP contribution is 2.18. The van der Waals surface area contributed by atoms with Gasteiger partial charge in [0.2, 0.25) is 0 Å². The number of benzene rings is 1. The van der Waals surface area contributed by atoms with E-state index in [4.69, 9.17) is 5.73 Å². The minimum absolute atomic E-state index is 0.101. The normalized spacial score (nSPS) is 12.2. The lowest BCUT2D eigenvalue weighted by molar-refractivity contribution is -0.139. The van der Waals surface area contributed by atoms with Gasteiger partial charge in [0, 0.05) is 6.04 Å². The highest BCUT2D eigenvalue weighted by Gasteiger charge is 2.07. The van der Waals surface area contributed by atoms with Crippen LogP contribution in [0, 0.1) is 0 Å². The van der Waals surface area contributed by atoms with E-state index in [0.717, 1.165) is 17.5 Å². The van der Waals surface area contributed by atoms with E-state index in [2.05, 4.69) is 11.7 Å². The summed E-state index contributed by atoms with van der Waals surface area (Å²) >= 11 is 0. The molecule has 1 aromatic carbocycles. The van der Waals surface area contributed by atoms with Crippen LogP contribution in [-0.4, -0.2) is 13.1 Å². The zero-order valence-electron chi connectivity index (χ0n) is 11.3. The molecule has 0 spiro atoms. The molecule has 0 aromatic heterocycles. The van der Waals surface area contributed by atoms with Gasteiger partial charge in [0.25, 0.3) is 0 Å². The predicted octanol–water partition coefficient (Wildman–Crippen LogP) is 2.98. The third-order valence-corrected chi connectivity index (χ3v) is 3.10. The van der Waals surface area contributed by atoms with Crippen molar-refractivity contribution in [2.24, 2.45) is 5.73 Å². The summed E-state index contributed by atoms with van der Waals surface area (Å²) in [5.41, 5.74) is 8.22. The highest BCUT2D eigenvalue weighted by molar-refractivity contribution is 5.72. The van der Waals surface area contributed by atoms with E-state index in [1.165, 1.54) is 26.4 Å². The van der Waals surface area contributed by atoms with Crippen molar-refractivity contribution < 1.29 is 9.53 Å². The molecule has 18 heavy (non-hydrogen) atoms. The second kappa shape index (κ2) is 7.88. The second-order valence-electron chi connectivity index (χ2n) is 4.60. The molecule has 0 aliphatic rings. The van der Waals surface area contributed by atoms with Gasteiger partial charge in [-0.1, -0.05) is 50.5 Å². The number of hydrogen-bond acceptors (Lipinski definition) is 3. The Balaban J connectivity index is 2.51. The van der Waals surface area contributed by atoms with Crippen LogP contribution in [0.1, 0.15) is 49.8 Å². The SMILES string of the molecule is CCCCCC(N)c1ccc(CC(=O)OC)cc1. The van der Waals surface area contributed by atoms with Crippen molar-refractivity contribution in [2.75, 3.05) is 7.11 Å². The van der Waals surface area contributed by atoms with Crippen LogP contribution < -0.4 is 5.73 Å². The predicted molar refractivity (Wildman–Crippen MR) is 73.2 cm³/mol.